The number of primary amides is 1. The number of esters is 1. The first-order valence-electron chi connectivity index (χ1n) is 8.58. The molecule has 0 saturated carbocycles. The molecule has 0 radical (unpaired) electrons. The zero-order valence-corrected chi connectivity index (χ0v) is 15.8. The molecule has 1 amide bonds. The normalized spacial score (nSPS) is 11.8. The second-order valence-electron chi connectivity index (χ2n) is 6.03. The van der Waals surface area contributed by atoms with E-state index in [0.29, 0.717) is 22.8 Å². The highest BCUT2D eigenvalue weighted by Gasteiger charge is 2.23. The van der Waals surface area contributed by atoms with Gasteiger partial charge in [-0.1, -0.05) is 30.7 Å². The van der Waals surface area contributed by atoms with Gasteiger partial charge in [-0.25, -0.2) is 4.79 Å². The van der Waals surface area contributed by atoms with E-state index in [2.05, 4.69) is 15.4 Å². The molecule has 0 aliphatic rings. The van der Waals surface area contributed by atoms with Crippen LogP contribution >= 0.6 is 11.6 Å². The van der Waals surface area contributed by atoms with E-state index < -0.39 is 17.9 Å². The molecule has 28 heavy (non-hydrogen) atoms. The number of nitrogens with two attached hydrogens (primary N) is 1. The van der Waals surface area contributed by atoms with Crippen LogP contribution in [0.3, 0.4) is 0 Å². The van der Waals surface area contributed by atoms with Crippen LogP contribution in [0, 0.1) is 0 Å². The van der Waals surface area contributed by atoms with Crippen LogP contribution in [0.5, 0.6) is 0 Å². The zero-order chi connectivity index (χ0) is 20.1. The standard InChI is InChI=1S/C19H18ClN5O3/c1-2-16(19(27)28-11-12-3-5-13(6-4-12)17(21)26)25-23-18(22-24-25)14-7-9-15(20)10-8-14/h3-10,16H,2,11H2,1H3,(H2,21,26)/t16-/m0/s1. The molecule has 0 spiro atoms. The number of nitrogens with zero attached hydrogens (tertiary/aromatic N) is 4. The average Bonchev–Trinajstić information content (AvgIpc) is 3.17. The molecule has 144 valence electrons. The minimum absolute atomic E-state index is 0.0626. The molecule has 2 N–H and O–H groups in total. The number of tetrazole rings is 1. The van der Waals surface area contributed by atoms with Gasteiger partial charge in [0.25, 0.3) is 0 Å². The van der Waals surface area contributed by atoms with E-state index >= 15 is 0 Å². The van der Waals surface area contributed by atoms with E-state index in [9.17, 15) is 9.59 Å². The van der Waals surface area contributed by atoms with Gasteiger partial charge in [0.15, 0.2) is 6.04 Å². The Balaban J connectivity index is 1.66. The van der Waals surface area contributed by atoms with Crippen molar-refractivity contribution in [1.29, 1.82) is 0 Å². The summed E-state index contributed by atoms with van der Waals surface area (Å²) in [4.78, 5) is 24.8. The Morgan fingerprint density at radius 3 is 2.43 bits per heavy atom. The number of amides is 1. The molecule has 1 heterocycles. The highest BCUT2D eigenvalue weighted by molar-refractivity contribution is 6.30. The largest absolute Gasteiger partial charge is 0.459 e. The Morgan fingerprint density at radius 2 is 1.82 bits per heavy atom. The summed E-state index contributed by atoms with van der Waals surface area (Å²) >= 11 is 5.88. The molecular weight excluding hydrogens is 382 g/mol. The molecule has 1 atom stereocenters. The molecule has 9 heteroatoms. The minimum Gasteiger partial charge on any atom is -0.459 e. The van der Waals surface area contributed by atoms with Gasteiger partial charge in [-0.2, -0.15) is 0 Å². The van der Waals surface area contributed by atoms with Crippen molar-refractivity contribution in [2.45, 2.75) is 26.0 Å². The van der Waals surface area contributed by atoms with Gasteiger partial charge in [0.1, 0.15) is 6.61 Å². The van der Waals surface area contributed by atoms with Gasteiger partial charge in [0.2, 0.25) is 11.7 Å². The quantitative estimate of drug-likeness (QED) is 0.611. The van der Waals surface area contributed by atoms with Crippen molar-refractivity contribution >= 4 is 23.5 Å². The fraction of sp³-hybridized carbons (Fsp3) is 0.211. The van der Waals surface area contributed by atoms with Gasteiger partial charge in [-0.15, -0.1) is 15.0 Å². The van der Waals surface area contributed by atoms with Crippen molar-refractivity contribution in [3.05, 3.63) is 64.7 Å². The van der Waals surface area contributed by atoms with Crippen LogP contribution < -0.4 is 5.73 Å². The molecule has 0 aliphatic carbocycles. The molecule has 0 bridgehead atoms. The van der Waals surface area contributed by atoms with Gasteiger partial charge >= 0.3 is 5.97 Å². The van der Waals surface area contributed by atoms with E-state index in [1.165, 1.54) is 4.80 Å². The average molecular weight is 400 g/mol. The second-order valence-corrected chi connectivity index (χ2v) is 6.47. The molecule has 2 aromatic carbocycles. The first-order valence-corrected chi connectivity index (χ1v) is 8.96. The molecule has 1 aromatic heterocycles. The predicted octanol–water partition coefficient (Wildman–Crippen LogP) is 2.79. The van der Waals surface area contributed by atoms with Gasteiger partial charge in [-0.3, -0.25) is 4.79 Å². The number of benzene rings is 2. The molecule has 8 nitrogen and oxygen atoms in total. The van der Waals surface area contributed by atoms with Gasteiger partial charge in [-0.05, 0) is 53.6 Å². The third-order valence-corrected chi connectivity index (χ3v) is 4.34. The van der Waals surface area contributed by atoms with Crippen molar-refractivity contribution in [2.24, 2.45) is 5.73 Å². The minimum atomic E-state index is -0.696. The Labute approximate surface area is 166 Å². The number of carbonyl (C=O) groups excluding carboxylic acids is 2. The fourth-order valence-electron chi connectivity index (χ4n) is 2.51. The zero-order valence-electron chi connectivity index (χ0n) is 15.1. The molecule has 0 aliphatic heterocycles. The Hall–Kier alpha value is -3.26. The van der Waals surface area contributed by atoms with Crippen LogP contribution in [-0.2, 0) is 16.1 Å². The van der Waals surface area contributed by atoms with Crippen molar-refractivity contribution in [3.63, 3.8) is 0 Å². The van der Waals surface area contributed by atoms with Crippen LogP contribution in [-0.4, -0.2) is 32.1 Å². The SMILES string of the molecule is CC[C@@H](C(=O)OCc1ccc(C(N)=O)cc1)n1nnc(-c2ccc(Cl)cc2)n1. The number of hydrogen-bond acceptors (Lipinski definition) is 6. The first kappa shape index (κ1) is 19.5. The lowest BCUT2D eigenvalue weighted by atomic mass is 10.1. The molecule has 0 saturated heterocycles. The summed E-state index contributed by atoms with van der Waals surface area (Å²) in [5.41, 5.74) is 7.08. The lowest BCUT2D eigenvalue weighted by Crippen LogP contribution is -2.23. The van der Waals surface area contributed by atoms with Crippen LogP contribution in [0.4, 0.5) is 0 Å². The topological polar surface area (TPSA) is 113 Å². The monoisotopic (exact) mass is 399 g/mol. The van der Waals surface area contributed by atoms with E-state index in [1.807, 2.05) is 6.92 Å². The Kier molecular flexibility index (Phi) is 6.00. The number of aromatic nitrogens is 4. The fourth-order valence-corrected chi connectivity index (χ4v) is 2.64. The molecule has 3 aromatic rings. The summed E-state index contributed by atoms with van der Waals surface area (Å²) in [6.07, 6.45) is 0.440. The third kappa shape index (κ3) is 4.52. The summed E-state index contributed by atoms with van der Waals surface area (Å²) in [5.74, 6) is -0.588. The number of halogens is 1. The van der Waals surface area contributed by atoms with Crippen LogP contribution in [0.2, 0.25) is 5.02 Å². The highest BCUT2D eigenvalue weighted by Crippen LogP contribution is 2.19. The molecular formula is C19H18ClN5O3. The van der Waals surface area contributed by atoms with Gasteiger partial charge in [0, 0.05) is 16.1 Å². The van der Waals surface area contributed by atoms with E-state index in [0.717, 1.165) is 11.1 Å². The number of hydrogen-bond donors (Lipinski definition) is 1. The van der Waals surface area contributed by atoms with Crippen LogP contribution in [0.25, 0.3) is 11.4 Å². The van der Waals surface area contributed by atoms with Crippen molar-refractivity contribution in [2.75, 3.05) is 0 Å². The molecule has 3 rings (SSSR count). The summed E-state index contributed by atoms with van der Waals surface area (Å²) in [6.45, 7) is 1.89. The predicted molar refractivity (Wildman–Crippen MR) is 102 cm³/mol. The molecule has 0 fully saturated rings. The van der Waals surface area contributed by atoms with Crippen molar-refractivity contribution in [1.82, 2.24) is 20.2 Å². The van der Waals surface area contributed by atoms with Gasteiger partial charge in [0.05, 0.1) is 0 Å². The summed E-state index contributed by atoms with van der Waals surface area (Å²) in [7, 11) is 0. The highest BCUT2D eigenvalue weighted by atomic mass is 35.5. The lowest BCUT2D eigenvalue weighted by molar-refractivity contribution is -0.149. The first-order chi connectivity index (χ1) is 13.5. The maximum Gasteiger partial charge on any atom is 0.333 e. The number of ether oxygens (including phenoxy) is 1. The Morgan fingerprint density at radius 1 is 1.14 bits per heavy atom. The Bertz CT molecular complexity index is 970. The summed E-state index contributed by atoms with van der Waals surface area (Å²) in [6, 6.07) is 12.8. The smallest absolute Gasteiger partial charge is 0.333 e. The van der Waals surface area contributed by atoms with Gasteiger partial charge < -0.3 is 10.5 Å². The summed E-state index contributed by atoms with van der Waals surface area (Å²) < 4.78 is 5.37. The maximum absolute atomic E-state index is 12.5. The third-order valence-electron chi connectivity index (χ3n) is 4.09. The molecule has 0 unspecified atom stereocenters. The summed E-state index contributed by atoms with van der Waals surface area (Å²) in [5, 5.41) is 12.9. The van der Waals surface area contributed by atoms with Crippen LogP contribution in [0.15, 0.2) is 48.5 Å². The van der Waals surface area contributed by atoms with E-state index in [-0.39, 0.29) is 6.61 Å². The lowest BCUT2D eigenvalue weighted by Gasteiger charge is -2.12. The number of carbonyl (C=O) groups is 2. The second kappa shape index (κ2) is 8.62. The van der Waals surface area contributed by atoms with Crippen molar-refractivity contribution in [3.8, 4) is 11.4 Å². The number of rotatable bonds is 7. The van der Waals surface area contributed by atoms with E-state index in [4.69, 9.17) is 22.1 Å². The van der Waals surface area contributed by atoms with Crippen LogP contribution in [0.1, 0.15) is 35.3 Å². The van der Waals surface area contributed by atoms with E-state index in [1.54, 1.807) is 48.5 Å². The maximum atomic E-state index is 12.5. The van der Waals surface area contributed by atoms with Crippen molar-refractivity contribution < 1.29 is 14.3 Å².